The monoisotopic (exact) mass is 255 g/mol. The third kappa shape index (κ3) is 4.43. The van der Waals surface area contributed by atoms with Gasteiger partial charge in [0.2, 0.25) is 0 Å². The van der Waals surface area contributed by atoms with E-state index in [1.165, 1.54) is 6.21 Å². The predicted octanol–water partition coefficient (Wildman–Crippen LogP) is -1.51. The van der Waals surface area contributed by atoms with Crippen LogP contribution in [0.1, 0.15) is 6.42 Å². The fraction of sp³-hybridized carbons (Fsp3) is 0.636. The molecule has 1 aliphatic rings. The van der Waals surface area contributed by atoms with Crippen molar-refractivity contribution in [1.29, 1.82) is 0 Å². The normalized spacial score (nSPS) is 28.7. The van der Waals surface area contributed by atoms with Crippen LogP contribution in [0.3, 0.4) is 0 Å². The van der Waals surface area contributed by atoms with Crippen LogP contribution in [-0.4, -0.2) is 60.4 Å². The zero-order chi connectivity index (χ0) is 13.4. The van der Waals surface area contributed by atoms with Crippen molar-refractivity contribution in [2.75, 3.05) is 19.8 Å². The summed E-state index contributed by atoms with van der Waals surface area (Å²) >= 11 is 0. The van der Waals surface area contributed by atoms with Crippen molar-refractivity contribution in [3.63, 3.8) is 0 Å². The summed E-state index contributed by atoms with van der Waals surface area (Å²) in [6.45, 7) is 0.0806. The summed E-state index contributed by atoms with van der Waals surface area (Å²) in [5.41, 5.74) is 0.413. The molecule has 0 aliphatic carbocycles. The van der Waals surface area contributed by atoms with E-state index in [4.69, 9.17) is 26.8 Å². The topological polar surface area (TPSA) is 110 Å². The lowest BCUT2D eigenvalue weighted by Crippen LogP contribution is -2.24. The zero-order valence-corrected chi connectivity index (χ0v) is 9.90. The molecular weight excluding hydrogens is 238 g/mol. The molecule has 100 valence electrons. The Bertz CT molecular complexity index is 351. The molecule has 18 heavy (non-hydrogen) atoms. The smallest absolute Gasteiger partial charge is 0.151 e. The molecule has 0 saturated carbocycles. The van der Waals surface area contributed by atoms with Gasteiger partial charge in [-0.05, 0) is 0 Å². The van der Waals surface area contributed by atoms with Gasteiger partial charge in [0.25, 0.3) is 0 Å². The Balaban J connectivity index is 2.41. The Morgan fingerprint density at radius 1 is 1.67 bits per heavy atom. The molecule has 3 unspecified atom stereocenters. The number of aliphatic imine (C=N–C) groups is 1. The Hall–Kier alpha value is -1.46. The first-order valence-electron chi connectivity index (χ1n) is 5.46. The Morgan fingerprint density at radius 3 is 3.00 bits per heavy atom. The highest BCUT2D eigenvalue weighted by Crippen LogP contribution is 2.20. The molecule has 0 aromatic carbocycles. The lowest BCUT2D eigenvalue weighted by atomic mass is 10.2. The summed E-state index contributed by atoms with van der Waals surface area (Å²) in [4.78, 5) is 4.06. The summed E-state index contributed by atoms with van der Waals surface area (Å²) in [5, 5.41) is 21.9. The van der Waals surface area contributed by atoms with E-state index in [9.17, 15) is 5.11 Å². The highest BCUT2D eigenvalue weighted by molar-refractivity contribution is 6.31. The molecule has 7 nitrogen and oxygen atoms in total. The molecule has 3 atom stereocenters. The summed E-state index contributed by atoms with van der Waals surface area (Å²) < 4.78 is 10.3. The second-order valence-corrected chi connectivity index (χ2v) is 3.71. The number of ether oxygens (including phenoxy) is 2. The molecule has 1 heterocycles. The SMILES string of the molecule is C#CCOCC(C=NC1CC(O)C(CO)O1)=NN. The first-order valence-corrected chi connectivity index (χ1v) is 5.46. The van der Waals surface area contributed by atoms with Crippen LogP contribution >= 0.6 is 0 Å². The van der Waals surface area contributed by atoms with Gasteiger partial charge in [-0.2, -0.15) is 5.10 Å². The van der Waals surface area contributed by atoms with E-state index in [-0.39, 0.29) is 19.8 Å². The molecule has 0 aromatic rings. The predicted molar refractivity (Wildman–Crippen MR) is 66.1 cm³/mol. The number of aliphatic hydroxyl groups is 2. The van der Waals surface area contributed by atoms with E-state index < -0.39 is 18.4 Å². The maximum atomic E-state index is 9.49. The number of hydrogen-bond donors (Lipinski definition) is 3. The molecule has 0 bridgehead atoms. The summed E-state index contributed by atoms with van der Waals surface area (Å²) in [6, 6.07) is 0. The van der Waals surface area contributed by atoms with Gasteiger partial charge in [-0.25, -0.2) is 0 Å². The average Bonchev–Trinajstić information content (AvgIpc) is 2.74. The molecule has 7 heteroatoms. The minimum absolute atomic E-state index is 0.156. The Labute approximate surface area is 105 Å². The standard InChI is InChI=1S/C11H17N3O4/c1-2-3-17-7-8(14-12)5-13-11-4-9(16)10(6-15)18-11/h1,5,9-11,15-16H,3-4,6-7,12H2. The van der Waals surface area contributed by atoms with Crippen LogP contribution in [0.15, 0.2) is 10.1 Å². The molecule has 1 saturated heterocycles. The largest absolute Gasteiger partial charge is 0.394 e. The van der Waals surface area contributed by atoms with Gasteiger partial charge in [0, 0.05) is 6.42 Å². The van der Waals surface area contributed by atoms with Gasteiger partial charge in [-0.1, -0.05) is 5.92 Å². The summed E-state index contributed by atoms with van der Waals surface area (Å²) in [7, 11) is 0. The van der Waals surface area contributed by atoms with Gasteiger partial charge in [0.05, 0.1) is 25.5 Å². The summed E-state index contributed by atoms with van der Waals surface area (Å²) in [5.74, 6) is 7.47. The lowest BCUT2D eigenvalue weighted by molar-refractivity contribution is -0.0192. The molecule has 4 N–H and O–H groups in total. The molecule has 0 amide bonds. The molecular formula is C11H17N3O4. The van der Waals surface area contributed by atoms with Gasteiger partial charge < -0.3 is 25.5 Å². The van der Waals surface area contributed by atoms with Gasteiger partial charge in [-0.15, -0.1) is 6.42 Å². The molecule has 0 spiro atoms. The molecule has 0 radical (unpaired) electrons. The van der Waals surface area contributed by atoms with Crippen LogP contribution in [0.25, 0.3) is 0 Å². The first kappa shape index (κ1) is 14.6. The quantitative estimate of drug-likeness (QED) is 0.176. The van der Waals surface area contributed by atoms with Crippen LogP contribution in [-0.2, 0) is 9.47 Å². The Morgan fingerprint density at radius 2 is 2.44 bits per heavy atom. The molecule has 1 fully saturated rings. The number of aliphatic hydroxyl groups excluding tert-OH is 2. The highest BCUT2D eigenvalue weighted by Gasteiger charge is 2.32. The van der Waals surface area contributed by atoms with Crippen LogP contribution in [0, 0.1) is 12.3 Å². The average molecular weight is 255 g/mol. The minimum Gasteiger partial charge on any atom is -0.394 e. The van der Waals surface area contributed by atoms with Crippen molar-refractivity contribution in [3.8, 4) is 12.3 Å². The Kier molecular flexibility index (Phi) is 6.32. The fourth-order valence-corrected chi connectivity index (χ4v) is 1.46. The first-order chi connectivity index (χ1) is 8.71. The number of terminal acetylenes is 1. The third-order valence-electron chi connectivity index (χ3n) is 2.38. The second-order valence-electron chi connectivity index (χ2n) is 3.71. The lowest BCUT2D eigenvalue weighted by Gasteiger charge is -2.09. The maximum absolute atomic E-state index is 9.49. The van der Waals surface area contributed by atoms with E-state index >= 15 is 0 Å². The number of nitrogens with two attached hydrogens (primary N) is 1. The maximum Gasteiger partial charge on any atom is 0.151 e. The van der Waals surface area contributed by atoms with Gasteiger partial charge in [0.15, 0.2) is 6.23 Å². The second kappa shape index (κ2) is 7.79. The van der Waals surface area contributed by atoms with E-state index in [2.05, 4.69) is 16.0 Å². The van der Waals surface area contributed by atoms with Crippen molar-refractivity contribution in [3.05, 3.63) is 0 Å². The molecule has 1 aliphatic heterocycles. The van der Waals surface area contributed by atoms with Crippen LogP contribution in [0.4, 0.5) is 0 Å². The molecule has 1 rings (SSSR count). The molecule has 0 aromatic heterocycles. The van der Waals surface area contributed by atoms with Crippen LogP contribution < -0.4 is 5.84 Å². The zero-order valence-electron chi connectivity index (χ0n) is 9.90. The van der Waals surface area contributed by atoms with Crippen LogP contribution in [0.2, 0.25) is 0 Å². The van der Waals surface area contributed by atoms with Gasteiger partial charge in [-0.3, -0.25) is 4.99 Å². The number of hydrogen-bond acceptors (Lipinski definition) is 7. The van der Waals surface area contributed by atoms with E-state index in [0.717, 1.165) is 0 Å². The van der Waals surface area contributed by atoms with Crippen molar-refractivity contribution in [1.82, 2.24) is 0 Å². The van der Waals surface area contributed by atoms with Crippen molar-refractivity contribution in [2.24, 2.45) is 15.9 Å². The highest BCUT2D eigenvalue weighted by atomic mass is 16.5. The minimum atomic E-state index is -0.715. The van der Waals surface area contributed by atoms with E-state index in [1.807, 2.05) is 0 Å². The number of nitrogens with zero attached hydrogens (tertiary/aromatic N) is 2. The summed E-state index contributed by atoms with van der Waals surface area (Å²) in [6.07, 6.45) is 4.94. The van der Waals surface area contributed by atoms with Crippen molar-refractivity contribution < 1.29 is 19.7 Å². The number of rotatable bonds is 6. The van der Waals surface area contributed by atoms with Gasteiger partial charge in [0.1, 0.15) is 18.4 Å². The van der Waals surface area contributed by atoms with Crippen molar-refractivity contribution >= 4 is 11.9 Å². The van der Waals surface area contributed by atoms with E-state index in [0.29, 0.717) is 12.1 Å². The van der Waals surface area contributed by atoms with Gasteiger partial charge >= 0.3 is 0 Å². The fourth-order valence-electron chi connectivity index (χ4n) is 1.46. The number of hydrazone groups is 1. The van der Waals surface area contributed by atoms with Crippen LogP contribution in [0.5, 0.6) is 0 Å². The van der Waals surface area contributed by atoms with E-state index in [1.54, 1.807) is 0 Å². The third-order valence-corrected chi connectivity index (χ3v) is 2.38. The van der Waals surface area contributed by atoms with Crippen molar-refractivity contribution in [2.45, 2.75) is 24.9 Å².